The molecule has 0 bridgehead atoms. The highest BCUT2D eigenvalue weighted by Gasteiger charge is 2.08. The minimum absolute atomic E-state index is 0.234. The number of carbonyl (C=O) groups is 1. The van der Waals surface area contributed by atoms with E-state index in [-0.39, 0.29) is 5.95 Å². The van der Waals surface area contributed by atoms with Gasteiger partial charge in [-0.15, -0.1) is 0 Å². The molecule has 0 aliphatic heterocycles. The Morgan fingerprint density at radius 2 is 2.33 bits per heavy atom. The maximum Gasteiger partial charge on any atom is 0.209 e. The fraction of sp³-hybridized carbons (Fsp3) is 0.333. The lowest BCUT2D eigenvalue weighted by Crippen LogP contribution is -2.38. The summed E-state index contributed by atoms with van der Waals surface area (Å²) in [7, 11) is 1.38. The van der Waals surface area contributed by atoms with E-state index in [1.807, 2.05) is 13.0 Å². The lowest BCUT2D eigenvalue weighted by atomic mass is 10.3. The topological polar surface area (TPSA) is 81.3 Å². The van der Waals surface area contributed by atoms with Crippen molar-refractivity contribution in [1.29, 1.82) is 0 Å². The van der Waals surface area contributed by atoms with Gasteiger partial charge in [0, 0.05) is 13.1 Å². The molecular formula is C12H14N3O3-. The summed E-state index contributed by atoms with van der Waals surface area (Å²) in [6.45, 7) is 2.67. The van der Waals surface area contributed by atoms with Crippen LogP contribution in [0.3, 0.4) is 0 Å². The first kappa shape index (κ1) is 12.2. The highest BCUT2D eigenvalue weighted by Crippen LogP contribution is 2.21. The summed E-state index contributed by atoms with van der Waals surface area (Å²) < 4.78 is 5.49. The number of hydrogen-bond acceptors (Lipinski definition) is 4. The van der Waals surface area contributed by atoms with Crippen molar-refractivity contribution in [1.82, 2.24) is 9.97 Å². The molecule has 0 atom stereocenters. The molecule has 96 valence electrons. The minimum Gasteiger partial charge on any atom is -0.530 e. The van der Waals surface area contributed by atoms with Gasteiger partial charge < -0.3 is 24.5 Å². The molecule has 0 radical (unpaired) electrons. The summed E-state index contributed by atoms with van der Waals surface area (Å²) in [5.41, 5.74) is 1.41. The third-order valence-electron chi connectivity index (χ3n) is 2.51. The van der Waals surface area contributed by atoms with Crippen molar-refractivity contribution in [3.8, 4) is 5.75 Å². The molecule has 2 rings (SSSR count). The number of aromatic amines is 1. The van der Waals surface area contributed by atoms with E-state index >= 15 is 0 Å². The van der Waals surface area contributed by atoms with Crippen molar-refractivity contribution in [3.05, 3.63) is 18.2 Å². The predicted octanol–water partition coefficient (Wildman–Crippen LogP) is 1.13. The average molecular weight is 248 g/mol. The molecule has 0 spiro atoms. The summed E-state index contributed by atoms with van der Waals surface area (Å²) in [5, 5.41) is 10.7. The number of ether oxygens (including phenoxy) is 1. The van der Waals surface area contributed by atoms with E-state index < -0.39 is 6.09 Å². The highest BCUT2D eigenvalue weighted by molar-refractivity contribution is 5.86. The molecule has 1 aromatic heterocycles. The Bertz CT molecular complexity index is 565. The molecule has 1 N–H and O–H groups in total. The largest absolute Gasteiger partial charge is 0.530 e. The maximum absolute atomic E-state index is 10.7. The zero-order valence-electron chi connectivity index (χ0n) is 10.3. The van der Waals surface area contributed by atoms with Crippen LogP contribution in [-0.4, -0.2) is 29.7 Å². The summed E-state index contributed by atoms with van der Waals surface area (Å²) in [6.07, 6.45) is -0.379. The smallest absolute Gasteiger partial charge is 0.209 e. The normalized spacial score (nSPS) is 10.6. The van der Waals surface area contributed by atoms with E-state index in [9.17, 15) is 9.90 Å². The zero-order valence-corrected chi connectivity index (χ0v) is 10.3. The van der Waals surface area contributed by atoms with Crippen LogP contribution in [0.25, 0.3) is 11.0 Å². The fourth-order valence-corrected chi connectivity index (χ4v) is 1.53. The Labute approximate surface area is 104 Å². The molecule has 0 aliphatic rings. The lowest BCUT2D eigenvalue weighted by molar-refractivity contribution is -0.246. The van der Waals surface area contributed by atoms with Crippen LogP contribution >= 0.6 is 0 Å². The van der Waals surface area contributed by atoms with Crippen molar-refractivity contribution < 1.29 is 14.6 Å². The van der Waals surface area contributed by atoms with Crippen LogP contribution in [0.4, 0.5) is 10.7 Å². The SMILES string of the molecule is CCCOc1ccc2nc(N(C)C(=O)[O-])[nH]c2c1. The third-order valence-corrected chi connectivity index (χ3v) is 2.51. The van der Waals surface area contributed by atoms with E-state index in [1.54, 1.807) is 12.1 Å². The molecule has 0 saturated heterocycles. The van der Waals surface area contributed by atoms with Gasteiger partial charge in [0.2, 0.25) is 5.95 Å². The molecule has 6 heteroatoms. The number of fused-ring (bicyclic) bond motifs is 1. The number of amides is 1. The summed E-state index contributed by atoms with van der Waals surface area (Å²) in [6, 6.07) is 5.38. The van der Waals surface area contributed by atoms with Gasteiger partial charge in [-0.1, -0.05) is 6.92 Å². The Morgan fingerprint density at radius 3 is 3.00 bits per heavy atom. The number of aromatic nitrogens is 2. The summed E-state index contributed by atoms with van der Waals surface area (Å²) in [5.74, 6) is 0.966. The number of imidazole rings is 1. The molecule has 1 amide bonds. The summed E-state index contributed by atoms with van der Waals surface area (Å²) in [4.78, 5) is 18.7. The monoisotopic (exact) mass is 248 g/mol. The van der Waals surface area contributed by atoms with Crippen molar-refractivity contribution in [2.24, 2.45) is 0 Å². The Kier molecular flexibility index (Phi) is 3.36. The van der Waals surface area contributed by atoms with Crippen molar-refractivity contribution in [3.63, 3.8) is 0 Å². The van der Waals surface area contributed by atoms with Crippen LogP contribution < -0.4 is 14.7 Å². The highest BCUT2D eigenvalue weighted by atomic mass is 16.5. The molecule has 0 unspecified atom stereocenters. The van der Waals surface area contributed by atoms with Gasteiger partial charge in [-0.2, -0.15) is 0 Å². The molecule has 18 heavy (non-hydrogen) atoms. The minimum atomic E-state index is -1.31. The van der Waals surface area contributed by atoms with E-state index in [2.05, 4.69) is 9.97 Å². The second-order valence-corrected chi connectivity index (χ2v) is 3.91. The van der Waals surface area contributed by atoms with Crippen molar-refractivity contribution >= 4 is 23.1 Å². The third kappa shape index (κ3) is 2.37. The average Bonchev–Trinajstić information content (AvgIpc) is 2.77. The van der Waals surface area contributed by atoms with E-state index in [4.69, 9.17) is 4.74 Å². The zero-order chi connectivity index (χ0) is 13.1. The van der Waals surface area contributed by atoms with Crippen LogP contribution in [0.2, 0.25) is 0 Å². The van der Waals surface area contributed by atoms with Crippen LogP contribution in [0.1, 0.15) is 13.3 Å². The number of anilines is 1. The van der Waals surface area contributed by atoms with Gasteiger partial charge >= 0.3 is 0 Å². The summed E-state index contributed by atoms with van der Waals surface area (Å²) >= 11 is 0. The van der Waals surface area contributed by atoms with E-state index in [0.29, 0.717) is 12.1 Å². The Balaban J connectivity index is 2.30. The predicted molar refractivity (Wildman–Crippen MR) is 65.7 cm³/mol. The number of nitrogens with zero attached hydrogens (tertiary/aromatic N) is 2. The number of rotatable bonds is 4. The van der Waals surface area contributed by atoms with Crippen LogP contribution in [0.15, 0.2) is 18.2 Å². The van der Waals surface area contributed by atoms with Crippen molar-refractivity contribution in [2.45, 2.75) is 13.3 Å². The Morgan fingerprint density at radius 1 is 1.56 bits per heavy atom. The number of H-pyrrole nitrogens is 1. The van der Waals surface area contributed by atoms with E-state index in [0.717, 1.165) is 22.6 Å². The van der Waals surface area contributed by atoms with Gasteiger partial charge in [0.05, 0.1) is 17.6 Å². The Hall–Kier alpha value is -2.24. The molecule has 2 aromatic rings. The molecule has 6 nitrogen and oxygen atoms in total. The molecule has 0 saturated carbocycles. The van der Waals surface area contributed by atoms with Gasteiger partial charge in [-0.25, -0.2) is 4.98 Å². The number of carbonyl (C=O) groups excluding carboxylic acids is 1. The van der Waals surface area contributed by atoms with Crippen LogP contribution in [0.5, 0.6) is 5.75 Å². The van der Waals surface area contributed by atoms with Crippen LogP contribution in [0, 0.1) is 0 Å². The molecule has 1 heterocycles. The van der Waals surface area contributed by atoms with Gasteiger partial charge in [-0.3, -0.25) is 0 Å². The van der Waals surface area contributed by atoms with E-state index in [1.165, 1.54) is 7.05 Å². The first-order chi connectivity index (χ1) is 8.61. The number of nitrogens with one attached hydrogen (secondary N) is 1. The lowest BCUT2D eigenvalue weighted by Gasteiger charge is -2.15. The number of hydrogen-bond donors (Lipinski definition) is 1. The fourth-order valence-electron chi connectivity index (χ4n) is 1.53. The van der Waals surface area contributed by atoms with Gasteiger partial charge in [0.25, 0.3) is 0 Å². The van der Waals surface area contributed by atoms with Crippen LogP contribution in [-0.2, 0) is 0 Å². The first-order valence-corrected chi connectivity index (χ1v) is 5.69. The molecule has 0 aliphatic carbocycles. The first-order valence-electron chi connectivity index (χ1n) is 5.69. The maximum atomic E-state index is 10.7. The van der Waals surface area contributed by atoms with Gasteiger partial charge in [-0.05, 0) is 18.6 Å². The van der Waals surface area contributed by atoms with Gasteiger partial charge in [0.1, 0.15) is 11.8 Å². The molecule has 0 fully saturated rings. The molecular weight excluding hydrogens is 234 g/mol. The molecule has 1 aromatic carbocycles. The van der Waals surface area contributed by atoms with Gasteiger partial charge in [0.15, 0.2) is 0 Å². The number of benzene rings is 1. The van der Waals surface area contributed by atoms with Crippen molar-refractivity contribution in [2.75, 3.05) is 18.6 Å². The number of carboxylic acid groups (broad SMARTS) is 1. The second-order valence-electron chi connectivity index (χ2n) is 3.91. The second kappa shape index (κ2) is 4.95. The quantitative estimate of drug-likeness (QED) is 0.879. The standard InChI is InChI=1S/C12H15N3O3/c1-3-6-18-8-4-5-9-10(7-8)14-11(13-9)15(2)12(16)17/h4-5,7H,3,6H2,1-2H3,(H,13,14)(H,16,17)/p-1.